The third kappa shape index (κ3) is 4.20. The first-order valence-electron chi connectivity index (χ1n) is 5.38. The van der Waals surface area contributed by atoms with E-state index >= 15 is 0 Å². The molecule has 0 bridgehead atoms. The Morgan fingerprint density at radius 1 is 1.59 bits per heavy atom. The number of aromatic nitrogens is 1. The summed E-state index contributed by atoms with van der Waals surface area (Å²) in [6, 6.07) is 0. The quantitative estimate of drug-likeness (QED) is 0.660. The van der Waals surface area contributed by atoms with Gasteiger partial charge in [0.15, 0.2) is 5.13 Å². The highest BCUT2D eigenvalue weighted by Gasteiger charge is 2.14. The van der Waals surface area contributed by atoms with Gasteiger partial charge in [-0.2, -0.15) is 0 Å². The Bertz CT molecular complexity index is 378. The SMILES string of the molecule is CNc1nc(N)c(C(=O)NCCOC(C)C)s1. The lowest BCUT2D eigenvalue weighted by Crippen LogP contribution is -2.28. The number of amides is 1. The lowest BCUT2D eigenvalue weighted by atomic mass is 10.4. The highest BCUT2D eigenvalue weighted by atomic mass is 32.1. The van der Waals surface area contributed by atoms with Gasteiger partial charge in [-0.3, -0.25) is 4.79 Å². The summed E-state index contributed by atoms with van der Waals surface area (Å²) in [5.74, 6) is 0.0375. The molecule has 96 valence electrons. The van der Waals surface area contributed by atoms with Crippen LogP contribution < -0.4 is 16.4 Å². The van der Waals surface area contributed by atoms with Gasteiger partial charge in [0.2, 0.25) is 0 Å². The Morgan fingerprint density at radius 2 is 2.29 bits per heavy atom. The number of rotatable bonds is 6. The third-order valence-corrected chi connectivity index (χ3v) is 3.00. The second-order valence-corrected chi connectivity index (χ2v) is 4.66. The second-order valence-electron chi connectivity index (χ2n) is 3.66. The number of nitrogens with one attached hydrogen (secondary N) is 2. The Labute approximate surface area is 105 Å². The van der Waals surface area contributed by atoms with Crippen LogP contribution in [0.15, 0.2) is 0 Å². The Kier molecular flexibility index (Phi) is 5.17. The fourth-order valence-electron chi connectivity index (χ4n) is 1.14. The molecule has 0 saturated carbocycles. The maximum absolute atomic E-state index is 11.7. The number of nitrogen functional groups attached to an aromatic ring is 1. The largest absolute Gasteiger partial charge is 0.382 e. The normalized spacial score (nSPS) is 10.6. The molecule has 0 atom stereocenters. The predicted molar refractivity (Wildman–Crippen MR) is 69.5 cm³/mol. The van der Waals surface area contributed by atoms with Gasteiger partial charge in [0.1, 0.15) is 10.7 Å². The molecule has 1 rings (SSSR count). The summed E-state index contributed by atoms with van der Waals surface area (Å²) < 4.78 is 5.31. The smallest absolute Gasteiger partial charge is 0.265 e. The van der Waals surface area contributed by atoms with Crippen molar-refractivity contribution >= 4 is 28.2 Å². The van der Waals surface area contributed by atoms with Crippen LogP contribution in [0, 0.1) is 0 Å². The number of carbonyl (C=O) groups is 1. The molecule has 0 saturated heterocycles. The molecule has 1 aromatic rings. The fraction of sp³-hybridized carbons (Fsp3) is 0.600. The van der Waals surface area contributed by atoms with E-state index in [0.29, 0.717) is 23.2 Å². The number of carbonyl (C=O) groups excluding carboxylic acids is 1. The maximum atomic E-state index is 11.7. The maximum Gasteiger partial charge on any atom is 0.265 e. The minimum Gasteiger partial charge on any atom is -0.382 e. The van der Waals surface area contributed by atoms with Crippen molar-refractivity contribution < 1.29 is 9.53 Å². The number of hydrogen-bond donors (Lipinski definition) is 3. The van der Waals surface area contributed by atoms with Crippen molar-refractivity contribution in [2.45, 2.75) is 20.0 Å². The number of hydrogen-bond acceptors (Lipinski definition) is 6. The molecule has 17 heavy (non-hydrogen) atoms. The fourth-order valence-corrected chi connectivity index (χ4v) is 1.90. The van der Waals surface area contributed by atoms with Crippen molar-refractivity contribution in [3.8, 4) is 0 Å². The zero-order valence-electron chi connectivity index (χ0n) is 10.2. The molecule has 6 nitrogen and oxygen atoms in total. The molecule has 0 aromatic carbocycles. The number of nitrogens with two attached hydrogens (primary N) is 1. The first-order chi connectivity index (χ1) is 8.04. The van der Waals surface area contributed by atoms with E-state index in [4.69, 9.17) is 10.5 Å². The van der Waals surface area contributed by atoms with E-state index in [0.717, 1.165) is 0 Å². The predicted octanol–water partition coefficient (Wildman–Crippen LogP) is 0.922. The Morgan fingerprint density at radius 3 is 2.82 bits per heavy atom. The first-order valence-corrected chi connectivity index (χ1v) is 6.20. The first kappa shape index (κ1) is 13.7. The standard InChI is InChI=1S/C10H18N4O2S/c1-6(2)16-5-4-13-9(15)7-8(11)14-10(12-3)17-7/h6H,4-5,11H2,1-3H3,(H,12,14)(H,13,15). The van der Waals surface area contributed by atoms with E-state index in [9.17, 15) is 4.79 Å². The van der Waals surface area contributed by atoms with E-state index in [1.54, 1.807) is 7.05 Å². The van der Waals surface area contributed by atoms with E-state index in [1.807, 2.05) is 13.8 Å². The molecular formula is C10H18N4O2S. The Hall–Kier alpha value is -1.34. The average molecular weight is 258 g/mol. The molecule has 0 spiro atoms. The molecule has 1 heterocycles. The van der Waals surface area contributed by atoms with Gasteiger partial charge >= 0.3 is 0 Å². The van der Waals surface area contributed by atoms with Gasteiger partial charge in [0, 0.05) is 13.6 Å². The van der Waals surface area contributed by atoms with Crippen LogP contribution in [0.25, 0.3) is 0 Å². The van der Waals surface area contributed by atoms with Gasteiger partial charge in [-0.1, -0.05) is 11.3 Å². The summed E-state index contributed by atoms with van der Waals surface area (Å²) in [5.41, 5.74) is 5.64. The van der Waals surface area contributed by atoms with Crippen LogP contribution in [0.1, 0.15) is 23.5 Å². The highest BCUT2D eigenvalue weighted by Crippen LogP contribution is 2.23. The summed E-state index contributed by atoms with van der Waals surface area (Å²) in [4.78, 5) is 16.2. The lowest BCUT2D eigenvalue weighted by Gasteiger charge is -2.07. The van der Waals surface area contributed by atoms with E-state index in [-0.39, 0.29) is 17.8 Å². The average Bonchev–Trinajstić information content (AvgIpc) is 2.65. The van der Waals surface area contributed by atoms with Crippen LogP contribution in [-0.2, 0) is 4.74 Å². The summed E-state index contributed by atoms with van der Waals surface area (Å²) >= 11 is 1.23. The molecule has 0 aliphatic rings. The number of thiazole rings is 1. The minimum atomic E-state index is -0.214. The monoisotopic (exact) mass is 258 g/mol. The van der Waals surface area contributed by atoms with Gasteiger partial charge in [-0.05, 0) is 13.8 Å². The van der Waals surface area contributed by atoms with Crippen molar-refractivity contribution in [3.05, 3.63) is 4.88 Å². The number of ether oxygens (including phenoxy) is 1. The van der Waals surface area contributed by atoms with Crippen LogP contribution in [0.5, 0.6) is 0 Å². The van der Waals surface area contributed by atoms with Crippen molar-refractivity contribution in [1.29, 1.82) is 0 Å². The van der Waals surface area contributed by atoms with Gasteiger partial charge in [0.25, 0.3) is 5.91 Å². The van der Waals surface area contributed by atoms with Crippen LogP contribution in [-0.4, -0.2) is 37.2 Å². The summed E-state index contributed by atoms with van der Waals surface area (Å²) in [7, 11) is 1.73. The molecule has 1 amide bonds. The molecule has 0 aliphatic heterocycles. The molecule has 7 heteroatoms. The van der Waals surface area contributed by atoms with Crippen LogP contribution in [0.4, 0.5) is 10.9 Å². The Balaban J connectivity index is 2.44. The van der Waals surface area contributed by atoms with Crippen molar-refractivity contribution in [3.63, 3.8) is 0 Å². The van der Waals surface area contributed by atoms with Crippen molar-refractivity contribution in [1.82, 2.24) is 10.3 Å². The van der Waals surface area contributed by atoms with Crippen LogP contribution in [0.3, 0.4) is 0 Å². The lowest BCUT2D eigenvalue weighted by molar-refractivity contribution is 0.0748. The van der Waals surface area contributed by atoms with Gasteiger partial charge < -0.3 is 21.1 Å². The summed E-state index contributed by atoms with van der Waals surface area (Å²) in [6.07, 6.45) is 0.163. The van der Waals surface area contributed by atoms with Gasteiger partial charge in [-0.25, -0.2) is 4.98 Å². The highest BCUT2D eigenvalue weighted by molar-refractivity contribution is 7.18. The minimum absolute atomic E-state index is 0.163. The topological polar surface area (TPSA) is 89.3 Å². The summed E-state index contributed by atoms with van der Waals surface area (Å²) in [5, 5.41) is 6.21. The second kappa shape index (κ2) is 6.41. The molecular weight excluding hydrogens is 240 g/mol. The van der Waals surface area contributed by atoms with Crippen molar-refractivity contribution in [2.75, 3.05) is 31.2 Å². The van der Waals surface area contributed by atoms with Crippen LogP contribution in [0.2, 0.25) is 0 Å². The molecule has 1 aromatic heterocycles. The van der Waals surface area contributed by atoms with E-state index < -0.39 is 0 Å². The molecule has 0 unspecified atom stereocenters. The van der Waals surface area contributed by atoms with Crippen LogP contribution >= 0.6 is 11.3 Å². The summed E-state index contributed by atoms with van der Waals surface area (Å²) in [6.45, 7) is 4.84. The third-order valence-electron chi connectivity index (χ3n) is 1.91. The zero-order valence-corrected chi connectivity index (χ0v) is 11.1. The van der Waals surface area contributed by atoms with Gasteiger partial charge in [0.05, 0.1) is 12.7 Å². The molecule has 0 radical (unpaired) electrons. The number of nitrogens with zero attached hydrogens (tertiary/aromatic N) is 1. The van der Waals surface area contributed by atoms with Gasteiger partial charge in [-0.15, -0.1) is 0 Å². The zero-order chi connectivity index (χ0) is 12.8. The molecule has 4 N–H and O–H groups in total. The van der Waals surface area contributed by atoms with E-state index in [2.05, 4.69) is 15.6 Å². The van der Waals surface area contributed by atoms with Crippen molar-refractivity contribution in [2.24, 2.45) is 0 Å². The number of anilines is 2. The molecule has 0 aliphatic carbocycles. The molecule has 0 fully saturated rings. The van der Waals surface area contributed by atoms with E-state index in [1.165, 1.54) is 11.3 Å².